The van der Waals surface area contributed by atoms with Gasteiger partial charge in [0.1, 0.15) is 6.04 Å². The van der Waals surface area contributed by atoms with Crippen molar-refractivity contribution in [3.63, 3.8) is 0 Å². The third-order valence-corrected chi connectivity index (χ3v) is 4.58. The highest BCUT2D eigenvalue weighted by atomic mass is 19.4. The molecule has 26 heavy (non-hydrogen) atoms. The number of allylic oxidation sites excluding steroid dienone is 2. The lowest BCUT2D eigenvalue weighted by atomic mass is 9.77. The molecule has 1 aliphatic carbocycles. The minimum absolute atomic E-state index is 0.0406. The summed E-state index contributed by atoms with van der Waals surface area (Å²) in [6, 6.07) is 0.697. The largest absolute Gasteiger partial charge is 0.480 e. The number of carbonyl (C=O) groups is 2. The number of nitrogens with zero attached hydrogens (tertiary/aromatic N) is 1. The maximum atomic E-state index is 13.4. The molecule has 1 amide bonds. The first kappa shape index (κ1) is 18.3. The Hall–Kier alpha value is -2.52. The molecule has 0 spiro atoms. The summed E-state index contributed by atoms with van der Waals surface area (Å²) in [6.45, 7) is 0. The second-order valence-corrected chi connectivity index (χ2v) is 6.05. The first-order valence-electron chi connectivity index (χ1n) is 7.44. The zero-order chi connectivity index (χ0) is 19.4. The van der Waals surface area contributed by atoms with Gasteiger partial charge in [-0.15, -0.1) is 0 Å². The molecule has 0 saturated carbocycles. The van der Waals surface area contributed by atoms with Gasteiger partial charge in [-0.3, -0.25) is 9.69 Å². The van der Waals surface area contributed by atoms with Crippen LogP contribution in [-0.4, -0.2) is 29.2 Å². The Kier molecular flexibility index (Phi) is 4.04. The van der Waals surface area contributed by atoms with Crippen molar-refractivity contribution in [3.8, 4) is 0 Å². The lowest BCUT2D eigenvalue weighted by Gasteiger charge is -2.43. The van der Waals surface area contributed by atoms with Crippen LogP contribution in [0.25, 0.3) is 0 Å². The van der Waals surface area contributed by atoms with Gasteiger partial charge in [0.05, 0.1) is 11.3 Å². The number of aliphatic carboxylic acids is 1. The quantitative estimate of drug-likeness (QED) is 0.598. The van der Waals surface area contributed by atoms with Gasteiger partial charge in [-0.2, -0.15) is 26.3 Å². The molecule has 140 valence electrons. The minimum atomic E-state index is -5.53. The monoisotopic (exact) mass is 379 g/mol. The second kappa shape index (κ2) is 5.75. The molecule has 2 aliphatic rings. The van der Waals surface area contributed by atoms with Crippen LogP contribution < -0.4 is 4.90 Å². The van der Waals surface area contributed by atoms with Gasteiger partial charge in [-0.1, -0.05) is 24.3 Å². The Labute approximate surface area is 142 Å². The van der Waals surface area contributed by atoms with E-state index in [4.69, 9.17) is 0 Å². The molecule has 0 aromatic heterocycles. The molecule has 0 radical (unpaired) electrons. The molecule has 1 heterocycles. The summed E-state index contributed by atoms with van der Waals surface area (Å²) in [5.74, 6) is -6.21. The SMILES string of the molecule is O=C(O)[C@@H]1[C@@H]2CC=C[C@@H]2c2cccc(C(F)(F)F)c2N1C(=O)C(F)(F)F. The average molecular weight is 379 g/mol. The van der Waals surface area contributed by atoms with Crippen molar-refractivity contribution in [3.05, 3.63) is 41.5 Å². The molecule has 1 aliphatic heterocycles. The molecular weight excluding hydrogens is 368 g/mol. The Morgan fingerprint density at radius 3 is 2.31 bits per heavy atom. The molecule has 3 rings (SSSR count). The lowest BCUT2D eigenvalue weighted by Crippen LogP contribution is -2.57. The number of halogens is 6. The molecule has 0 saturated heterocycles. The molecule has 0 bridgehead atoms. The first-order valence-corrected chi connectivity index (χ1v) is 7.44. The number of hydrogen-bond acceptors (Lipinski definition) is 2. The first-order chi connectivity index (χ1) is 11.9. The standard InChI is InChI=1S/C16H11F6NO3/c17-15(18,19)10-6-2-5-8-7-3-1-4-9(7)12(13(24)25)23(11(8)10)14(26)16(20,21)22/h1-3,5-7,9,12H,4H2,(H,24,25)/t7-,9-,12+/m1/s1. The molecule has 3 atom stereocenters. The van der Waals surface area contributed by atoms with E-state index in [0.29, 0.717) is 6.07 Å². The van der Waals surface area contributed by atoms with Gasteiger partial charge in [-0.05, 0) is 18.1 Å². The van der Waals surface area contributed by atoms with Gasteiger partial charge in [-0.25, -0.2) is 4.79 Å². The van der Waals surface area contributed by atoms with E-state index < -0.39 is 53.4 Å². The summed E-state index contributed by atoms with van der Waals surface area (Å²) in [5, 5.41) is 9.42. The molecule has 10 heteroatoms. The Morgan fingerprint density at radius 1 is 1.12 bits per heavy atom. The Balaban J connectivity index is 2.33. The minimum Gasteiger partial charge on any atom is -0.480 e. The van der Waals surface area contributed by atoms with Crippen molar-refractivity contribution in [1.29, 1.82) is 0 Å². The van der Waals surface area contributed by atoms with Crippen LogP contribution in [0.2, 0.25) is 0 Å². The van der Waals surface area contributed by atoms with Crippen molar-refractivity contribution in [2.75, 3.05) is 4.90 Å². The predicted octanol–water partition coefficient (Wildman–Crippen LogP) is 3.73. The number of alkyl halides is 6. The number of hydrogen-bond donors (Lipinski definition) is 1. The summed E-state index contributed by atoms with van der Waals surface area (Å²) >= 11 is 0. The maximum Gasteiger partial charge on any atom is 0.471 e. The van der Waals surface area contributed by atoms with Crippen LogP contribution >= 0.6 is 0 Å². The summed E-state index contributed by atoms with van der Waals surface area (Å²) in [4.78, 5) is 23.3. The predicted molar refractivity (Wildman–Crippen MR) is 76.4 cm³/mol. The summed E-state index contributed by atoms with van der Waals surface area (Å²) in [5.41, 5.74) is -2.66. The summed E-state index contributed by atoms with van der Waals surface area (Å²) < 4.78 is 79.4. The van der Waals surface area contributed by atoms with Crippen LogP contribution in [0, 0.1) is 5.92 Å². The topological polar surface area (TPSA) is 57.6 Å². The molecule has 1 aromatic rings. The molecule has 0 unspecified atom stereocenters. The molecule has 1 N–H and O–H groups in total. The van der Waals surface area contributed by atoms with Crippen LogP contribution in [0.3, 0.4) is 0 Å². The van der Waals surface area contributed by atoms with Crippen LogP contribution in [0.4, 0.5) is 32.0 Å². The Morgan fingerprint density at radius 2 is 1.77 bits per heavy atom. The van der Waals surface area contributed by atoms with Crippen LogP contribution in [0.1, 0.15) is 23.5 Å². The summed E-state index contributed by atoms with van der Waals surface area (Å²) in [6.07, 6.45) is -7.58. The van der Waals surface area contributed by atoms with Crippen LogP contribution in [0.5, 0.6) is 0 Å². The van der Waals surface area contributed by atoms with E-state index in [1.165, 1.54) is 18.2 Å². The van der Waals surface area contributed by atoms with Crippen LogP contribution in [0.15, 0.2) is 30.4 Å². The molecule has 1 aromatic carbocycles. The van der Waals surface area contributed by atoms with Crippen LogP contribution in [-0.2, 0) is 15.8 Å². The van der Waals surface area contributed by atoms with Crippen molar-refractivity contribution in [2.24, 2.45) is 5.92 Å². The van der Waals surface area contributed by atoms with Gasteiger partial charge in [0.25, 0.3) is 0 Å². The van der Waals surface area contributed by atoms with Gasteiger partial charge < -0.3 is 5.11 Å². The highest BCUT2D eigenvalue weighted by Gasteiger charge is 2.55. The lowest BCUT2D eigenvalue weighted by molar-refractivity contribution is -0.172. The fraction of sp³-hybridized carbons (Fsp3) is 0.375. The van der Waals surface area contributed by atoms with Gasteiger partial charge in [0, 0.05) is 11.8 Å². The third-order valence-electron chi connectivity index (χ3n) is 4.58. The number of para-hydroxylation sites is 1. The fourth-order valence-electron chi connectivity index (χ4n) is 3.65. The normalized spacial score (nSPS) is 25.0. The zero-order valence-electron chi connectivity index (χ0n) is 12.8. The Bertz CT molecular complexity index is 798. The van der Waals surface area contributed by atoms with E-state index in [2.05, 4.69) is 0 Å². The summed E-state index contributed by atoms with van der Waals surface area (Å²) in [7, 11) is 0. The smallest absolute Gasteiger partial charge is 0.471 e. The van der Waals surface area contributed by atoms with Gasteiger partial charge in [0.2, 0.25) is 0 Å². The van der Waals surface area contributed by atoms with E-state index in [1.807, 2.05) is 0 Å². The van der Waals surface area contributed by atoms with E-state index >= 15 is 0 Å². The van der Waals surface area contributed by atoms with E-state index in [0.717, 1.165) is 6.07 Å². The number of carboxylic acids is 1. The van der Waals surface area contributed by atoms with Crippen molar-refractivity contribution in [2.45, 2.75) is 30.7 Å². The highest BCUT2D eigenvalue weighted by Crippen LogP contribution is 2.52. The van der Waals surface area contributed by atoms with Gasteiger partial charge in [0.15, 0.2) is 0 Å². The van der Waals surface area contributed by atoms with Crippen molar-refractivity contribution in [1.82, 2.24) is 0 Å². The molecule has 0 fully saturated rings. The van der Waals surface area contributed by atoms with Crippen molar-refractivity contribution >= 4 is 17.6 Å². The second-order valence-electron chi connectivity index (χ2n) is 6.05. The number of carboxylic acid groups (broad SMARTS) is 1. The third kappa shape index (κ3) is 2.73. The van der Waals surface area contributed by atoms with Crippen molar-refractivity contribution < 1.29 is 41.0 Å². The number of rotatable bonds is 1. The zero-order valence-corrected chi connectivity index (χ0v) is 12.8. The maximum absolute atomic E-state index is 13.4. The molecular formula is C16H11F6NO3. The highest BCUT2D eigenvalue weighted by molar-refractivity contribution is 6.04. The van der Waals surface area contributed by atoms with E-state index in [1.54, 1.807) is 0 Å². The average Bonchev–Trinajstić information content (AvgIpc) is 2.99. The number of anilines is 1. The molecule has 4 nitrogen and oxygen atoms in total. The fourth-order valence-corrected chi connectivity index (χ4v) is 3.65. The number of benzene rings is 1. The van der Waals surface area contributed by atoms with E-state index in [-0.39, 0.29) is 16.9 Å². The number of carbonyl (C=O) groups excluding carboxylic acids is 1. The van der Waals surface area contributed by atoms with E-state index in [9.17, 15) is 41.0 Å². The van der Waals surface area contributed by atoms with Gasteiger partial charge >= 0.3 is 24.2 Å². The number of amides is 1. The number of fused-ring (bicyclic) bond motifs is 3.